The molecule has 1 saturated heterocycles. The van der Waals surface area contributed by atoms with Gasteiger partial charge in [-0.05, 0) is 42.5 Å². The smallest absolute Gasteiger partial charge is 0.108 e. The van der Waals surface area contributed by atoms with E-state index in [-0.39, 0.29) is 6.10 Å². The van der Waals surface area contributed by atoms with Gasteiger partial charge in [-0.3, -0.25) is 0 Å². The fraction of sp³-hybridized carbons (Fsp3) is 0.400. The van der Waals surface area contributed by atoms with Crippen LogP contribution in [0.5, 0.6) is 0 Å². The van der Waals surface area contributed by atoms with E-state index in [1.54, 1.807) is 4.90 Å². The monoisotopic (exact) mass is 330 g/mol. The fourth-order valence-corrected chi connectivity index (χ4v) is 3.40. The molecule has 0 unspecified atom stereocenters. The molecule has 0 amide bonds. The van der Waals surface area contributed by atoms with Crippen molar-refractivity contribution < 1.29 is 9.64 Å². The molecule has 3 heteroatoms. The highest BCUT2D eigenvalue weighted by atomic mass is 35.5. The largest absolute Gasteiger partial charge is 0.363 e. The van der Waals surface area contributed by atoms with Crippen molar-refractivity contribution in [3.8, 4) is 0 Å². The van der Waals surface area contributed by atoms with Crippen LogP contribution in [0.15, 0.2) is 54.6 Å². The molecule has 1 aliphatic rings. The van der Waals surface area contributed by atoms with Crippen molar-refractivity contribution in [2.24, 2.45) is 0 Å². The Labute approximate surface area is 144 Å². The Morgan fingerprint density at radius 2 is 1.52 bits per heavy atom. The van der Waals surface area contributed by atoms with Crippen LogP contribution in [0.2, 0.25) is 5.02 Å². The molecule has 2 aromatic rings. The number of quaternary nitrogens is 1. The second-order valence-corrected chi connectivity index (χ2v) is 6.71. The number of nitrogens with one attached hydrogen (secondary N) is 1. The molecule has 0 spiro atoms. The molecule has 0 saturated carbocycles. The maximum atomic E-state index is 6.29. The van der Waals surface area contributed by atoms with Crippen molar-refractivity contribution in [2.45, 2.75) is 25.4 Å². The number of hydrogen-bond donors (Lipinski definition) is 1. The summed E-state index contributed by atoms with van der Waals surface area (Å²) < 4.78 is 6.29. The Kier molecular flexibility index (Phi) is 6.09. The van der Waals surface area contributed by atoms with Gasteiger partial charge in [0.25, 0.3) is 0 Å². The lowest BCUT2D eigenvalue weighted by Gasteiger charge is -2.25. The van der Waals surface area contributed by atoms with Gasteiger partial charge < -0.3 is 9.64 Å². The summed E-state index contributed by atoms with van der Waals surface area (Å²) in [6.45, 7) is 4.47. The number of hydrogen-bond acceptors (Lipinski definition) is 1. The summed E-state index contributed by atoms with van der Waals surface area (Å²) in [4.78, 5) is 1.68. The Morgan fingerprint density at radius 1 is 0.870 bits per heavy atom. The van der Waals surface area contributed by atoms with Crippen LogP contribution in [0.25, 0.3) is 0 Å². The number of ether oxygens (including phenoxy) is 1. The molecule has 2 nitrogen and oxygen atoms in total. The first-order chi connectivity index (χ1) is 11.3. The van der Waals surface area contributed by atoms with E-state index < -0.39 is 0 Å². The molecule has 1 fully saturated rings. The molecule has 0 aromatic heterocycles. The number of halogens is 1. The third-order valence-electron chi connectivity index (χ3n) is 4.58. The number of piperidine rings is 1. The maximum Gasteiger partial charge on any atom is 0.108 e. The molecule has 0 bridgehead atoms. The van der Waals surface area contributed by atoms with Crippen LogP contribution in [-0.4, -0.2) is 26.2 Å². The highest BCUT2D eigenvalue weighted by Gasteiger charge is 2.17. The summed E-state index contributed by atoms with van der Waals surface area (Å²) in [5.74, 6) is 0. The first-order valence-corrected chi connectivity index (χ1v) is 8.96. The lowest BCUT2D eigenvalue weighted by Crippen LogP contribution is -3.13. The maximum absolute atomic E-state index is 6.29. The van der Waals surface area contributed by atoms with E-state index in [0.717, 1.165) is 23.7 Å². The van der Waals surface area contributed by atoms with Crippen molar-refractivity contribution >= 4 is 11.6 Å². The Bertz CT molecular complexity index is 578. The summed E-state index contributed by atoms with van der Waals surface area (Å²) in [6.07, 6.45) is 4.09. The van der Waals surface area contributed by atoms with Crippen LogP contribution in [0.3, 0.4) is 0 Å². The van der Waals surface area contributed by atoms with Gasteiger partial charge in [0.2, 0.25) is 0 Å². The standard InChI is InChI=1S/C20H24ClNO/c21-19-11-9-18(10-12-19)20(17-7-3-1-4-8-17)23-16-15-22-13-5-2-6-14-22/h1,3-4,7-12,20H,2,5-6,13-16H2/p+1/t20-/m0/s1. The Balaban J connectivity index is 1.66. The molecular formula is C20H25ClNO+. The summed E-state index contributed by atoms with van der Waals surface area (Å²) in [5, 5.41) is 0.762. The van der Waals surface area contributed by atoms with Crippen LogP contribution in [0, 0.1) is 0 Å². The van der Waals surface area contributed by atoms with Crippen molar-refractivity contribution in [3.63, 3.8) is 0 Å². The van der Waals surface area contributed by atoms with Crippen molar-refractivity contribution in [3.05, 3.63) is 70.7 Å². The van der Waals surface area contributed by atoms with Gasteiger partial charge in [-0.25, -0.2) is 0 Å². The molecule has 1 N–H and O–H groups in total. The first-order valence-electron chi connectivity index (χ1n) is 8.58. The molecule has 0 aliphatic carbocycles. The second-order valence-electron chi connectivity index (χ2n) is 6.27. The van der Waals surface area contributed by atoms with Gasteiger partial charge in [-0.1, -0.05) is 54.1 Å². The zero-order valence-corrected chi connectivity index (χ0v) is 14.3. The average molecular weight is 331 g/mol. The lowest BCUT2D eigenvalue weighted by atomic mass is 10.0. The van der Waals surface area contributed by atoms with E-state index >= 15 is 0 Å². The summed E-state index contributed by atoms with van der Waals surface area (Å²) in [6, 6.07) is 18.4. The summed E-state index contributed by atoms with van der Waals surface area (Å²) in [5.41, 5.74) is 2.36. The van der Waals surface area contributed by atoms with Gasteiger partial charge in [-0.2, -0.15) is 0 Å². The minimum Gasteiger partial charge on any atom is -0.363 e. The van der Waals surface area contributed by atoms with E-state index in [0.29, 0.717) is 0 Å². The predicted molar refractivity (Wildman–Crippen MR) is 95.1 cm³/mol. The zero-order chi connectivity index (χ0) is 15.9. The molecule has 2 aromatic carbocycles. The van der Waals surface area contributed by atoms with Gasteiger partial charge in [-0.15, -0.1) is 0 Å². The minimum atomic E-state index is -0.0161. The summed E-state index contributed by atoms with van der Waals surface area (Å²) in [7, 11) is 0. The SMILES string of the molecule is Clc1ccc([C@@H](OCC[NH+]2CCCCC2)c2ccccc2)cc1. The van der Waals surface area contributed by atoms with Gasteiger partial charge >= 0.3 is 0 Å². The van der Waals surface area contributed by atoms with Crippen molar-refractivity contribution in [1.82, 2.24) is 0 Å². The molecule has 3 rings (SSSR count). The number of rotatable bonds is 6. The third kappa shape index (κ3) is 4.81. The van der Waals surface area contributed by atoms with Gasteiger partial charge in [0, 0.05) is 5.02 Å². The van der Waals surface area contributed by atoms with E-state index in [2.05, 4.69) is 36.4 Å². The van der Waals surface area contributed by atoms with Crippen LogP contribution >= 0.6 is 11.6 Å². The third-order valence-corrected chi connectivity index (χ3v) is 4.83. The number of benzene rings is 2. The van der Waals surface area contributed by atoms with Gasteiger partial charge in [0.05, 0.1) is 19.7 Å². The minimum absolute atomic E-state index is 0.0161. The zero-order valence-electron chi connectivity index (χ0n) is 13.5. The first kappa shape index (κ1) is 16.5. The molecule has 122 valence electrons. The van der Waals surface area contributed by atoms with Crippen LogP contribution in [0.4, 0.5) is 0 Å². The average Bonchev–Trinajstić information content (AvgIpc) is 2.61. The molecule has 1 atom stereocenters. The van der Waals surface area contributed by atoms with E-state index in [9.17, 15) is 0 Å². The topological polar surface area (TPSA) is 13.7 Å². The molecular weight excluding hydrogens is 306 g/mol. The van der Waals surface area contributed by atoms with Crippen LogP contribution in [-0.2, 0) is 4.74 Å². The summed E-state index contributed by atoms with van der Waals surface area (Å²) >= 11 is 6.02. The van der Waals surface area contributed by atoms with E-state index in [1.807, 2.05) is 18.2 Å². The van der Waals surface area contributed by atoms with Crippen LogP contribution < -0.4 is 4.90 Å². The quantitative estimate of drug-likeness (QED) is 0.855. The molecule has 0 radical (unpaired) electrons. The van der Waals surface area contributed by atoms with Crippen LogP contribution in [0.1, 0.15) is 36.5 Å². The highest BCUT2D eigenvalue weighted by molar-refractivity contribution is 6.30. The van der Waals surface area contributed by atoms with Crippen molar-refractivity contribution in [2.75, 3.05) is 26.2 Å². The second kappa shape index (κ2) is 8.49. The Hall–Kier alpha value is -1.35. The fourth-order valence-electron chi connectivity index (χ4n) is 3.27. The Morgan fingerprint density at radius 3 is 2.22 bits per heavy atom. The number of likely N-dealkylation sites (tertiary alicyclic amines) is 1. The van der Waals surface area contributed by atoms with Crippen molar-refractivity contribution in [1.29, 1.82) is 0 Å². The highest BCUT2D eigenvalue weighted by Crippen LogP contribution is 2.26. The molecule has 1 heterocycles. The molecule has 1 aliphatic heterocycles. The lowest BCUT2D eigenvalue weighted by molar-refractivity contribution is -0.905. The van der Waals surface area contributed by atoms with E-state index in [4.69, 9.17) is 16.3 Å². The normalized spacial score (nSPS) is 17.1. The van der Waals surface area contributed by atoms with Gasteiger partial charge in [0.15, 0.2) is 0 Å². The van der Waals surface area contributed by atoms with Gasteiger partial charge in [0.1, 0.15) is 12.6 Å². The van der Waals surface area contributed by atoms with E-state index in [1.165, 1.54) is 37.9 Å². The molecule has 23 heavy (non-hydrogen) atoms. The predicted octanol–water partition coefficient (Wildman–Crippen LogP) is 3.51.